The third-order valence-corrected chi connectivity index (χ3v) is 5.81. The van der Waals surface area contributed by atoms with Crippen molar-refractivity contribution < 1.29 is 23.9 Å². The van der Waals surface area contributed by atoms with E-state index in [2.05, 4.69) is 0 Å². The molecule has 0 aromatic heterocycles. The topological polar surface area (TPSA) is 96.8 Å². The Labute approximate surface area is 197 Å². The van der Waals surface area contributed by atoms with Gasteiger partial charge in [0.15, 0.2) is 5.78 Å². The molecule has 0 spiro atoms. The summed E-state index contributed by atoms with van der Waals surface area (Å²) in [4.78, 5) is 40.3. The van der Waals surface area contributed by atoms with Crippen LogP contribution in [0.5, 0.6) is 5.75 Å². The minimum absolute atomic E-state index is 0.258. The smallest absolute Gasteiger partial charge is 0.338 e. The number of anilines is 1. The van der Waals surface area contributed by atoms with E-state index in [1.165, 1.54) is 4.90 Å². The lowest BCUT2D eigenvalue weighted by molar-refractivity contribution is -0.112. The minimum atomic E-state index is -0.993. The highest BCUT2D eigenvalue weighted by Crippen LogP contribution is 2.41. The Morgan fingerprint density at radius 2 is 1.53 bits per heavy atom. The summed E-state index contributed by atoms with van der Waals surface area (Å²) < 4.78 is 10.2. The molecule has 3 aromatic carbocycles. The average molecular weight is 456 g/mol. The zero-order valence-electron chi connectivity index (χ0n) is 18.9. The maximum Gasteiger partial charge on any atom is 0.338 e. The second-order valence-corrected chi connectivity index (χ2v) is 7.78. The Hall–Kier alpha value is -4.26. The highest BCUT2D eigenvalue weighted by molar-refractivity contribution is 6.50. The van der Waals surface area contributed by atoms with Gasteiger partial charge < -0.3 is 9.47 Å². The molecule has 1 aliphatic rings. The first-order valence-corrected chi connectivity index (χ1v) is 10.9. The second kappa shape index (κ2) is 9.70. The van der Waals surface area contributed by atoms with Crippen molar-refractivity contribution in [3.8, 4) is 5.75 Å². The Morgan fingerprint density at radius 1 is 0.912 bits per heavy atom. The Bertz CT molecular complexity index is 1220. The van der Waals surface area contributed by atoms with E-state index in [1.807, 2.05) is 30.3 Å². The molecule has 1 amide bonds. The van der Waals surface area contributed by atoms with Gasteiger partial charge in [0.2, 0.25) is 0 Å². The lowest BCUT2D eigenvalue weighted by Gasteiger charge is -2.27. The van der Waals surface area contributed by atoms with Crippen molar-refractivity contribution in [1.29, 1.82) is 5.41 Å². The van der Waals surface area contributed by atoms with Gasteiger partial charge in [-0.1, -0.05) is 30.3 Å². The number of Topliss-reactive ketones (excluding diaryl/α,β-unsaturated/α-hetero) is 1. The van der Waals surface area contributed by atoms with Gasteiger partial charge in [-0.15, -0.1) is 0 Å². The molecule has 4 rings (SSSR count). The van der Waals surface area contributed by atoms with Gasteiger partial charge in [-0.05, 0) is 61.0 Å². The molecule has 1 aliphatic heterocycles. The Morgan fingerprint density at radius 3 is 2.12 bits per heavy atom. The number of ether oxygens (including phenoxy) is 2. The van der Waals surface area contributed by atoms with Crippen LogP contribution in [-0.2, 0) is 9.53 Å². The van der Waals surface area contributed by atoms with Gasteiger partial charge in [-0.25, -0.2) is 4.79 Å². The lowest BCUT2D eigenvalue weighted by Crippen LogP contribution is -2.30. The molecule has 0 bridgehead atoms. The van der Waals surface area contributed by atoms with Gasteiger partial charge in [0, 0.05) is 11.3 Å². The van der Waals surface area contributed by atoms with Crippen LogP contribution in [0.3, 0.4) is 0 Å². The molecule has 7 heteroatoms. The molecular weight excluding hydrogens is 432 g/mol. The number of esters is 1. The van der Waals surface area contributed by atoms with Crippen LogP contribution in [0.1, 0.15) is 39.2 Å². The SMILES string of the molecule is CCOC(=O)c1ccc(N2C(=O)C(=N)C(C(=O)c3ccc(OC)cc3)C2c2ccccc2)cc1. The number of hydrogen-bond donors (Lipinski definition) is 1. The van der Waals surface area contributed by atoms with Crippen molar-refractivity contribution in [2.75, 3.05) is 18.6 Å². The van der Waals surface area contributed by atoms with Crippen molar-refractivity contribution in [1.82, 2.24) is 0 Å². The van der Waals surface area contributed by atoms with E-state index in [0.29, 0.717) is 22.6 Å². The first-order valence-electron chi connectivity index (χ1n) is 10.9. The lowest BCUT2D eigenvalue weighted by atomic mass is 9.86. The summed E-state index contributed by atoms with van der Waals surface area (Å²) in [6.07, 6.45) is 0. The van der Waals surface area contributed by atoms with Gasteiger partial charge >= 0.3 is 5.97 Å². The standard InChI is InChI=1S/C27H24N2O5/c1-3-34-27(32)19-9-13-20(14-10-19)29-24(17-7-5-4-6-8-17)22(23(28)26(29)31)25(30)18-11-15-21(33-2)16-12-18/h4-16,22,24,28H,3H2,1-2H3. The van der Waals surface area contributed by atoms with Crippen molar-refractivity contribution in [2.45, 2.75) is 13.0 Å². The zero-order chi connectivity index (χ0) is 24.2. The van der Waals surface area contributed by atoms with E-state index in [4.69, 9.17) is 14.9 Å². The largest absolute Gasteiger partial charge is 0.497 e. The Balaban J connectivity index is 1.76. The highest BCUT2D eigenvalue weighted by atomic mass is 16.5. The van der Waals surface area contributed by atoms with Crippen LogP contribution < -0.4 is 9.64 Å². The van der Waals surface area contributed by atoms with Crippen molar-refractivity contribution in [2.24, 2.45) is 5.92 Å². The molecule has 7 nitrogen and oxygen atoms in total. The molecule has 3 aromatic rings. The number of nitrogens with zero attached hydrogens (tertiary/aromatic N) is 1. The van der Waals surface area contributed by atoms with E-state index in [1.54, 1.807) is 62.6 Å². The fourth-order valence-corrected chi connectivity index (χ4v) is 4.15. The fraction of sp³-hybridized carbons (Fsp3) is 0.185. The van der Waals surface area contributed by atoms with Crippen LogP contribution >= 0.6 is 0 Å². The maximum absolute atomic E-state index is 13.6. The number of hydrogen-bond acceptors (Lipinski definition) is 6. The summed E-state index contributed by atoms with van der Waals surface area (Å²) >= 11 is 0. The molecule has 1 N–H and O–H groups in total. The molecule has 2 unspecified atom stereocenters. The maximum atomic E-state index is 13.6. The van der Waals surface area contributed by atoms with Crippen molar-refractivity contribution in [3.63, 3.8) is 0 Å². The summed E-state index contributed by atoms with van der Waals surface area (Å²) in [5, 5.41) is 8.58. The minimum Gasteiger partial charge on any atom is -0.497 e. The summed E-state index contributed by atoms with van der Waals surface area (Å²) in [7, 11) is 1.54. The zero-order valence-corrected chi connectivity index (χ0v) is 18.9. The number of amides is 1. The molecule has 1 heterocycles. The average Bonchev–Trinajstić information content (AvgIpc) is 3.14. The third-order valence-electron chi connectivity index (χ3n) is 5.81. The number of nitrogens with one attached hydrogen (secondary N) is 1. The van der Waals surface area contributed by atoms with Gasteiger partial charge in [0.1, 0.15) is 11.5 Å². The van der Waals surface area contributed by atoms with Crippen molar-refractivity contribution >= 4 is 29.1 Å². The van der Waals surface area contributed by atoms with Crippen LogP contribution in [-0.4, -0.2) is 37.1 Å². The van der Waals surface area contributed by atoms with E-state index in [-0.39, 0.29) is 18.1 Å². The van der Waals surface area contributed by atoms with Gasteiger partial charge in [-0.2, -0.15) is 0 Å². The number of benzene rings is 3. The number of carbonyl (C=O) groups is 3. The monoisotopic (exact) mass is 456 g/mol. The summed E-state index contributed by atoms with van der Waals surface area (Å²) in [5.74, 6) is -1.71. The fourth-order valence-electron chi connectivity index (χ4n) is 4.15. The van der Waals surface area contributed by atoms with Gasteiger partial charge in [-0.3, -0.25) is 19.9 Å². The quantitative estimate of drug-likeness (QED) is 0.418. The van der Waals surface area contributed by atoms with Crippen LogP contribution in [0, 0.1) is 11.3 Å². The highest BCUT2D eigenvalue weighted by Gasteiger charge is 2.49. The van der Waals surface area contributed by atoms with Crippen LogP contribution in [0.15, 0.2) is 78.9 Å². The summed E-state index contributed by atoms with van der Waals surface area (Å²) in [6.45, 7) is 1.98. The summed E-state index contributed by atoms with van der Waals surface area (Å²) in [5.41, 5.74) is 1.70. The summed E-state index contributed by atoms with van der Waals surface area (Å²) in [6, 6.07) is 21.5. The Kier molecular flexibility index (Phi) is 6.54. The van der Waals surface area contributed by atoms with Crippen LogP contribution in [0.4, 0.5) is 5.69 Å². The van der Waals surface area contributed by atoms with Gasteiger partial charge in [0.25, 0.3) is 5.91 Å². The molecule has 0 saturated carbocycles. The number of rotatable bonds is 7. The molecule has 1 fully saturated rings. The van der Waals surface area contributed by atoms with E-state index >= 15 is 0 Å². The van der Waals surface area contributed by atoms with E-state index in [9.17, 15) is 14.4 Å². The third kappa shape index (κ3) is 4.20. The normalized spacial score (nSPS) is 17.5. The molecule has 1 saturated heterocycles. The molecule has 0 aliphatic carbocycles. The first-order chi connectivity index (χ1) is 16.5. The predicted octanol–water partition coefficient (Wildman–Crippen LogP) is 4.48. The van der Waals surface area contributed by atoms with E-state index in [0.717, 1.165) is 5.56 Å². The van der Waals surface area contributed by atoms with Crippen LogP contribution in [0.25, 0.3) is 0 Å². The molecular formula is C27H24N2O5. The first kappa shape index (κ1) is 22.9. The van der Waals surface area contributed by atoms with E-state index < -0.39 is 23.8 Å². The molecule has 0 radical (unpaired) electrons. The molecule has 34 heavy (non-hydrogen) atoms. The number of carbonyl (C=O) groups excluding carboxylic acids is 3. The molecule has 172 valence electrons. The molecule has 2 atom stereocenters. The van der Waals surface area contributed by atoms with Crippen LogP contribution in [0.2, 0.25) is 0 Å². The second-order valence-electron chi connectivity index (χ2n) is 7.78. The van der Waals surface area contributed by atoms with Crippen molar-refractivity contribution in [3.05, 3.63) is 95.6 Å². The number of methoxy groups -OCH3 is 1. The van der Waals surface area contributed by atoms with Gasteiger partial charge in [0.05, 0.1) is 31.2 Å². The predicted molar refractivity (Wildman–Crippen MR) is 128 cm³/mol. The number of ketones is 1.